The van der Waals surface area contributed by atoms with Crippen LogP contribution in [0.25, 0.3) is 0 Å². The van der Waals surface area contributed by atoms with Crippen LogP contribution in [-0.2, 0) is 5.75 Å². The fraction of sp³-hybridized carbons (Fsp3) is 0.667. The zero-order valence-corrected chi connectivity index (χ0v) is 12.9. The van der Waals surface area contributed by atoms with Gasteiger partial charge in [0.25, 0.3) is 0 Å². The average molecular weight is 316 g/mol. The van der Waals surface area contributed by atoms with E-state index in [1.54, 1.807) is 0 Å². The van der Waals surface area contributed by atoms with Crippen LogP contribution in [0.1, 0.15) is 51.0 Å². The smallest absolute Gasteiger partial charge is 0.141 e. The zero-order chi connectivity index (χ0) is 12.6. The van der Waals surface area contributed by atoms with Gasteiger partial charge in [0.05, 0.1) is 15.9 Å². The number of nitrogens with zero attached hydrogens (tertiary/aromatic N) is 2. The summed E-state index contributed by atoms with van der Waals surface area (Å²) >= 11 is 5.33. The molecule has 5 heteroatoms. The highest BCUT2D eigenvalue weighted by molar-refractivity contribution is 9.10. The van der Waals surface area contributed by atoms with Crippen molar-refractivity contribution in [3.63, 3.8) is 0 Å². The fourth-order valence-corrected chi connectivity index (χ4v) is 2.70. The van der Waals surface area contributed by atoms with Gasteiger partial charge in [0.2, 0.25) is 0 Å². The monoisotopic (exact) mass is 315 g/mol. The number of rotatable bonds is 3. The Hall–Kier alpha value is -0.290. The Bertz CT molecular complexity index is 424. The van der Waals surface area contributed by atoms with Gasteiger partial charge >= 0.3 is 0 Å². The number of halogens is 1. The number of nitrogens with two attached hydrogens (primary N) is 1. The minimum atomic E-state index is 0.227. The van der Waals surface area contributed by atoms with Crippen LogP contribution in [-0.4, -0.2) is 14.7 Å². The van der Waals surface area contributed by atoms with Gasteiger partial charge in [0, 0.05) is 10.7 Å². The molecule has 0 saturated heterocycles. The quantitative estimate of drug-likeness (QED) is 0.923. The molecule has 1 heterocycles. The highest BCUT2D eigenvalue weighted by Crippen LogP contribution is 2.43. The number of hydrogen-bond acceptors (Lipinski definition) is 4. The highest BCUT2D eigenvalue weighted by Gasteiger charge is 2.29. The van der Waals surface area contributed by atoms with Gasteiger partial charge in [-0.25, -0.2) is 9.97 Å². The van der Waals surface area contributed by atoms with E-state index in [9.17, 15) is 0 Å². The van der Waals surface area contributed by atoms with E-state index in [1.165, 1.54) is 12.8 Å². The highest BCUT2D eigenvalue weighted by atomic mass is 79.9. The predicted molar refractivity (Wildman–Crippen MR) is 77.2 cm³/mol. The first-order valence-corrected chi connectivity index (χ1v) is 7.60. The largest absolute Gasteiger partial charge is 0.383 e. The first-order valence-electron chi connectivity index (χ1n) is 5.82. The van der Waals surface area contributed by atoms with Crippen molar-refractivity contribution in [3.05, 3.63) is 16.0 Å². The van der Waals surface area contributed by atoms with Gasteiger partial charge in [0.1, 0.15) is 11.6 Å². The van der Waals surface area contributed by atoms with Gasteiger partial charge in [-0.1, -0.05) is 20.8 Å². The Balaban J connectivity index is 2.17. The molecule has 0 aliphatic heterocycles. The molecule has 1 aromatic heterocycles. The molecule has 0 aromatic carbocycles. The summed E-state index contributed by atoms with van der Waals surface area (Å²) in [5.74, 6) is 2.84. The van der Waals surface area contributed by atoms with Crippen LogP contribution >= 0.6 is 27.7 Å². The van der Waals surface area contributed by atoms with E-state index in [4.69, 9.17) is 5.73 Å². The van der Waals surface area contributed by atoms with Gasteiger partial charge in [-0.15, -0.1) is 11.8 Å². The summed E-state index contributed by atoms with van der Waals surface area (Å²) in [6.45, 7) is 6.59. The second kappa shape index (κ2) is 4.76. The van der Waals surface area contributed by atoms with Crippen molar-refractivity contribution in [2.24, 2.45) is 0 Å². The molecule has 2 rings (SSSR count). The molecular formula is C12H18BrN3S. The topological polar surface area (TPSA) is 51.8 Å². The van der Waals surface area contributed by atoms with Gasteiger partial charge < -0.3 is 5.73 Å². The molecule has 1 aliphatic carbocycles. The predicted octanol–water partition coefficient (Wildman–Crippen LogP) is 3.73. The number of hydrogen-bond donors (Lipinski definition) is 1. The van der Waals surface area contributed by atoms with Crippen molar-refractivity contribution in [2.75, 3.05) is 5.73 Å². The van der Waals surface area contributed by atoms with Gasteiger partial charge in [-0.2, -0.15) is 0 Å². The van der Waals surface area contributed by atoms with Crippen LogP contribution in [0, 0.1) is 0 Å². The molecule has 94 valence electrons. The minimum absolute atomic E-state index is 0.227. The van der Waals surface area contributed by atoms with E-state index < -0.39 is 0 Å². The van der Waals surface area contributed by atoms with Crippen LogP contribution in [0.3, 0.4) is 0 Å². The Labute approximate surface area is 115 Å². The van der Waals surface area contributed by atoms with Crippen LogP contribution in [0.15, 0.2) is 4.47 Å². The Morgan fingerprint density at radius 3 is 2.53 bits per heavy atom. The van der Waals surface area contributed by atoms with Gasteiger partial charge in [-0.05, 0) is 28.8 Å². The van der Waals surface area contributed by atoms with E-state index in [1.807, 2.05) is 11.8 Å². The maximum Gasteiger partial charge on any atom is 0.141 e. The number of aromatic nitrogens is 2. The Morgan fingerprint density at radius 2 is 2.00 bits per heavy atom. The molecular weight excluding hydrogens is 298 g/mol. The molecule has 2 N–H and O–H groups in total. The third kappa shape index (κ3) is 3.58. The summed E-state index contributed by atoms with van der Waals surface area (Å²) < 4.78 is 1.12. The van der Waals surface area contributed by atoms with E-state index in [2.05, 4.69) is 46.7 Å². The summed E-state index contributed by atoms with van der Waals surface area (Å²) in [6.07, 6.45) is 2.45. The fourth-order valence-electron chi connectivity index (χ4n) is 1.51. The second-order valence-electron chi connectivity index (χ2n) is 5.40. The van der Waals surface area contributed by atoms with E-state index >= 15 is 0 Å². The molecule has 0 radical (unpaired) electrons. The van der Waals surface area contributed by atoms with E-state index in [-0.39, 0.29) is 4.75 Å². The number of anilines is 1. The van der Waals surface area contributed by atoms with Crippen molar-refractivity contribution in [1.82, 2.24) is 9.97 Å². The van der Waals surface area contributed by atoms with Crippen LogP contribution in [0.5, 0.6) is 0 Å². The lowest BCUT2D eigenvalue weighted by atomic mass is 10.2. The lowest BCUT2D eigenvalue weighted by molar-refractivity contribution is 0.799. The van der Waals surface area contributed by atoms with E-state index in [0.717, 1.165) is 21.7 Å². The summed E-state index contributed by atoms with van der Waals surface area (Å²) in [7, 11) is 0. The third-order valence-electron chi connectivity index (χ3n) is 2.55. The summed E-state index contributed by atoms with van der Waals surface area (Å²) in [5, 5.41) is 0. The van der Waals surface area contributed by atoms with E-state index in [0.29, 0.717) is 11.7 Å². The zero-order valence-electron chi connectivity index (χ0n) is 10.5. The second-order valence-corrected chi connectivity index (χ2v) is 7.99. The molecule has 17 heavy (non-hydrogen) atoms. The molecule has 1 fully saturated rings. The van der Waals surface area contributed by atoms with Gasteiger partial charge in [-0.3, -0.25) is 0 Å². The first-order chi connectivity index (χ1) is 7.87. The first kappa shape index (κ1) is 13.1. The average Bonchev–Trinajstić information content (AvgIpc) is 3.02. The Kier molecular flexibility index (Phi) is 3.69. The van der Waals surface area contributed by atoms with Crippen LogP contribution in [0.4, 0.5) is 5.82 Å². The lowest BCUT2D eigenvalue weighted by Crippen LogP contribution is -2.10. The summed E-state index contributed by atoms with van der Waals surface area (Å²) in [5.41, 5.74) is 7.02. The van der Waals surface area contributed by atoms with Crippen molar-refractivity contribution >= 4 is 33.5 Å². The molecule has 0 amide bonds. The summed E-state index contributed by atoms with van der Waals surface area (Å²) in [4.78, 5) is 8.98. The van der Waals surface area contributed by atoms with Crippen molar-refractivity contribution in [3.8, 4) is 0 Å². The SMILES string of the molecule is CC(C)(C)SCc1nc(N)c(Br)c(C2CC2)n1. The molecule has 0 unspecified atom stereocenters. The number of thioether (sulfide) groups is 1. The van der Waals surface area contributed by atoms with Gasteiger partial charge in [0.15, 0.2) is 0 Å². The van der Waals surface area contributed by atoms with Crippen molar-refractivity contribution < 1.29 is 0 Å². The molecule has 1 aliphatic rings. The maximum atomic E-state index is 5.92. The molecule has 1 aromatic rings. The molecule has 0 spiro atoms. The standard InChI is InChI=1S/C12H18BrN3S/c1-12(2,3)17-6-8-15-10(7-4-5-7)9(13)11(14)16-8/h7H,4-6H2,1-3H3,(H2,14,15,16). The molecule has 1 saturated carbocycles. The minimum Gasteiger partial charge on any atom is -0.383 e. The lowest BCUT2D eigenvalue weighted by Gasteiger charge is -2.17. The molecule has 0 atom stereocenters. The molecule has 0 bridgehead atoms. The van der Waals surface area contributed by atoms with Crippen molar-refractivity contribution in [2.45, 2.75) is 50.0 Å². The van der Waals surface area contributed by atoms with Crippen LogP contribution < -0.4 is 5.73 Å². The Morgan fingerprint density at radius 1 is 1.35 bits per heavy atom. The van der Waals surface area contributed by atoms with Crippen molar-refractivity contribution in [1.29, 1.82) is 0 Å². The normalized spacial score (nSPS) is 16.2. The summed E-state index contributed by atoms with van der Waals surface area (Å²) in [6, 6.07) is 0. The van der Waals surface area contributed by atoms with Crippen LogP contribution in [0.2, 0.25) is 0 Å². The maximum absolute atomic E-state index is 5.92. The number of nitrogen functional groups attached to an aromatic ring is 1. The third-order valence-corrected chi connectivity index (χ3v) is 4.63. The molecule has 3 nitrogen and oxygen atoms in total.